The molecule has 0 amide bonds. The van der Waals surface area contributed by atoms with Crippen molar-refractivity contribution in [3.8, 4) is 0 Å². The topological polar surface area (TPSA) is 52.3 Å². The maximum atomic E-state index is 12.8. The molecule has 1 aromatic rings. The van der Waals surface area contributed by atoms with Crippen LogP contribution in [0.2, 0.25) is 0 Å². The molecule has 0 aromatic heterocycles. The maximum Gasteiger partial charge on any atom is 0.311 e. The molecule has 2 N–H and O–H groups in total. The number of ether oxygens (including phenoxy) is 1. The van der Waals surface area contributed by atoms with E-state index in [1.54, 1.807) is 12.1 Å². The molecule has 0 aliphatic carbocycles. The third kappa shape index (κ3) is 4.84. The average Bonchev–Trinajstić information content (AvgIpc) is 2.25. The van der Waals surface area contributed by atoms with Crippen molar-refractivity contribution in [1.29, 1.82) is 0 Å². The van der Waals surface area contributed by atoms with Crippen LogP contribution in [0.15, 0.2) is 24.3 Å². The number of halogens is 1. The fourth-order valence-electron chi connectivity index (χ4n) is 1.55. The molecule has 100 valence electrons. The number of hydrogen-bond acceptors (Lipinski definition) is 3. The molecule has 1 atom stereocenters. The fraction of sp³-hybridized carbons (Fsp3) is 0.500. The summed E-state index contributed by atoms with van der Waals surface area (Å²) in [6.45, 7) is 5.66. The van der Waals surface area contributed by atoms with Crippen LogP contribution in [0.1, 0.15) is 26.3 Å². The first-order chi connectivity index (χ1) is 8.31. The molecule has 18 heavy (non-hydrogen) atoms. The summed E-state index contributed by atoms with van der Waals surface area (Å²) >= 11 is 0. The molecule has 0 aliphatic rings. The Balaban J connectivity index is 2.67. The second-order valence-electron chi connectivity index (χ2n) is 5.30. The Morgan fingerprint density at radius 1 is 1.33 bits per heavy atom. The Bertz CT molecular complexity index is 395. The van der Waals surface area contributed by atoms with Crippen LogP contribution in [0, 0.1) is 11.7 Å². The van der Waals surface area contributed by atoms with Crippen molar-refractivity contribution < 1.29 is 13.9 Å². The Morgan fingerprint density at radius 2 is 1.89 bits per heavy atom. The average molecular weight is 253 g/mol. The van der Waals surface area contributed by atoms with Crippen molar-refractivity contribution in [3.63, 3.8) is 0 Å². The van der Waals surface area contributed by atoms with E-state index < -0.39 is 11.5 Å². The molecule has 0 spiro atoms. The summed E-state index contributed by atoms with van der Waals surface area (Å²) in [6, 6.07) is 6.06. The highest BCUT2D eigenvalue weighted by atomic mass is 19.1. The lowest BCUT2D eigenvalue weighted by atomic mass is 9.99. The van der Waals surface area contributed by atoms with Gasteiger partial charge in [-0.05, 0) is 44.9 Å². The van der Waals surface area contributed by atoms with Crippen molar-refractivity contribution >= 4 is 5.97 Å². The molecule has 3 nitrogen and oxygen atoms in total. The van der Waals surface area contributed by atoms with Gasteiger partial charge in [0.1, 0.15) is 11.4 Å². The predicted octanol–water partition coefficient (Wildman–Crippen LogP) is 2.28. The fourth-order valence-corrected chi connectivity index (χ4v) is 1.55. The quantitative estimate of drug-likeness (QED) is 0.838. The van der Waals surface area contributed by atoms with Crippen LogP contribution in [0.4, 0.5) is 4.39 Å². The summed E-state index contributed by atoms with van der Waals surface area (Å²) in [5.41, 5.74) is 5.95. The molecule has 0 bridgehead atoms. The monoisotopic (exact) mass is 253 g/mol. The number of carbonyl (C=O) groups excluding carboxylic acids is 1. The lowest BCUT2D eigenvalue weighted by Crippen LogP contribution is -2.33. The number of benzene rings is 1. The van der Waals surface area contributed by atoms with Gasteiger partial charge >= 0.3 is 5.97 Å². The summed E-state index contributed by atoms with van der Waals surface area (Å²) < 4.78 is 18.1. The van der Waals surface area contributed by atoms with Crippen LogP contribution in [0.25, 0.3) is 0 Å². The highest BCUT2D eigenvalue weighted by molar-refractivity contribution is 5.73. The molecule has 0 aliphatic heterocycles. The number of nitrogens with two attached hydrogens (primary N) is 1. The molecular formula is C14H20FNO2. The van der Waals surface area contributed by atoms with Crippen molar-refractivity contribution in [2.45, 2.75) is 32.8 Å². The smallest absolute Gasteiger partial charge is 0.311 e. The third-order valence-electron chi connectivity index (χ3n) is 2.42. The van der Waals surface area contributed by atoms with Crippen LogP contribution in [-0.2, 0) is 16.0 Å². The molecule has 1 rings (SSSR count). The maximum absolute atomic E-state index is 12.8. The number of esters is 1. The predicted molar refractivity (Wildman–Crippen MR) is 68.5 cm³/mol. The van der Waals surface area contributed by atoms with Gasteiger partial charge in [0.25, 0.3) is 0 Å². The van der Waals surface area contributed by atoms with E-state index in [1.807, 2.05) is 20.8 Å². The zero-order valence-corrected chi connectivity index (χ0v) is 11.1. The van der Waals surface area contributed by atoms with Gasteiger partial charge in [0.15, 0.2) is 0 Å². The number of rotatable bonds is 4. The summed E-state index contributed by atoms with van der Waals surface area (Å²) in [6.07, 6.45) is 0.464. The van der Waals surface area contributed by atoms with Crippen LogP contribution in [-0.4, -0.2) is 18.1 Å². The largest absolute Gasteiger partial charge is 0.460 e. The normalized spacial score (nSPS) is 13.2. The van der Waals surface area contributed by atoms with E-state index in [4.69, 9.17) is 10.5 Å². The van der Waals surface area contributed by atoms with E-state index in [9.17, 15) is 9.18 Å². The molecule has 1 unspecified atom stereocenters. The van der Waals surface area contributed by atoms with E-state index in [0.29, 0.717) is 6.42 Å². The van der Waals surface area contributed by atoms with Crippen molar-refractivity contribution in [2.24, 2.45) is 11.7 Å². The molecule has 0 fully saturated rings. The summed E-state index contributed by atoms with van der Waals surface area (Å²) in [5.74, 6) is -0.996. The number of hydrogen-bond donors (Lipinski definition) is 1. The second-order valence-corrected chi connectivity index (χ2v) is 5.30. The molecule has 0 radical (unpaired) electrons. The zero-order chi connectivity index (χ0) is 13.8. The minimum Gasteiger partial charge on any atom is -0.460 e. The Morgan fingerprint density at radius 3 is 2.33 bits per heavy atom. The molecule has 0 saturated carbocycles. The van der Waals surface area contributed by atoms with Crippen LogP contribution < -0.4 is 5.73 Å². The first-order valence-electron chi connectivity index (χ1n) is 5.99. The van der Waals surface area contributed by atoms with Gasteiger partial charge in [-0.2, -0.15) is 0 Å². The van der Waals surface area contributed by atoms with E-state index in [1.165, 1.54) is 12.1 Å². The number of carbonyl (C=O) groups is 1. The van der Waals surface area contributed by atoms with Gasteiger partial charge in [0.2, 0.25) is 0 Å². The van der Waals surface area contributed by atoms with Gasteiger partial charge in [-0.25, -0.2) is 4.39 Å². The van der Waals surface area contributed by atoms with Crippen molar-refractivity contribution in [2.75, 3.05) is 6.54 Å². The highest BCUT2D eigenvalue weighted by Gasteiger charge is 2.24. The first kappa shape index (κ1) is 14.6. The first-order valence-corrected chi connectivity index (χ1v) is 5.99. The lowest BCUT2D eigenvalue weighted by Gasteiger charge is -2.23. The summed E-state index contributed by atoms with van der Waals surface area (Å²) in [7, 11) is 0. The van der Waals surface area contributed by atoms with E-state index in [2.05, 4.69) is 0 Å². The second kappa shape index (κ2) is 5.96. The summed E-state index contributed by atoms with van der Waals surface area (Å²) in [5, 5.41) is 0. The molecule has 0 heterocycles. The standard InChI is InChI=1S/C14H20FNO2/c1-14(2,3)18-13(17)11(9-16)8-10-4-6-12(15)7-5-10/h4-7,11H,8-9,16H2,1-3H3. The van der Waals surface area contributed by atoms with Crippen molar-refractivity contribution in [3.05, 3.63) is 35.6 Å². The van der Waals surface area contributed by atoms with Crippen LogP contribution in [0.5, 0.6) is 0 Å². The van der Waals surface area contributed by atoms with E-state index in [-0.39, 0.29) is 18.3 Å². The van der Waals surface area contributed by atoms with Gasteiger partial charge in [-0.1, -0.05) is 12.1 Å². The van der Waals surface area contributed by atoms with Gasteiger partial charge in [0, 0.05) is 6.54 Å². The highest BCUT2D eigenvalue weighted by Crippen LogP contribution is 2.15. The van der Waals surface area contributed by atoms with E-state index >= 15 is 0 Å². The van der Waals surface area contributed by atoms with Gasteiger partial charge < -0.3 is 10.5 Å². The Kier molecular flexibility index (Phi) is 4.84. The molecule has 4 heteroatoms. The lowest BCUT2D eigenvalue weighted by molar-refractivity contribution is -0.159. The van der Waals surface area contributed by atoms with Gasteiger partial charge in [-0.3, -0.25) is 4.79 Å². The molecule has 0 saturated heterocycles. The Labute approximate surface area is 107 Å². The third-order valence-corrected chi connectivity index (χ3v) is 2.42. The molecular weight excluding hydrogens is 233 g/mol. The van der Waals surface area contributed by atoms with E-state index in [0.717, 1.165) is 5.56 Å². The van der Waals surface area contributed by atoms with Gasteiger partial charge in [-0.15, -0.1) is 0 Å². The SMILES string of the molecule is CC(C)(C)OC(=O)C(CN)Cc1ccc(F)cc1. The van der Waals surface area contributed by atoms with Gasteiger partial charge in [0.05, 0.1) is 5.92 Å². The zero-order valence-electron chi connectivity index (χ0n) is 11.1. The van der Waals surface area contributed by atoms with Crippen molar-refractivity contribution in [1.82, 2.24) is 0 Å². The van der Waals surface area contributed by atoms with Crippen LogP contribution in [0.3, 0.4) is 0 Å². The minimum absolute atomic E-state index is 0.215. The Hall–Kier alpha value is -1.42. The minimum atomic E-state index is -0.521. The van der Waals surface area contributed by atoms with Crippen LogP contribution >= 0.6 is 0 Å². The molecule has 1 aromatic carbocycles. The summed E-state index contributed by atoms with van der Waals surface area (Å²) in [4.78, 5) is 11.9.